The summed E-state index contributed by atoms with van der Waals surface area (Å²) in [7, 11) is 0. The minimum atomic E-state index is -0.211. The van der Waals surface area contributed by atoms with E-state index in [0.29, 0.717) is 13.0 Å². The molecule has 0 saturated carbocycles. The second kappa shape index (κ2) is 4.28. The molecule has 2 rings (SSSR count). The number of hydrogen-bond donors (Lipinski definition) is 0. The third-order valence-electron chi connectivity index (χ3n) is 3.54. The molecule has 2 fully saturated rings. The van der Waals surface area contributed by atoms with E-state index in [0.717, 1.165) is 19.4 Å². The normalized spacial score (nSPS) is 27.7. The van der Waals surface area contributed by atoms with Gasteiger partial charge in [-0.2, -0.15) is 0 Å². The summed E-state index contributed by atoms with van der Waals surface area (Å²) in [6, 6.07) is -0.196. The summed E-state index contributed by atoms with van der Waals surface area (Å²) < 4.78 is 0. The minimum absolute atomic E-state index is 0.0147. The molecule has 0 spiro atoms. The van der Waals surface area contributed by atoms with Gasteiger partial charge >= 0.3 is 0 Å². The zero-order valence-electron chi connectivity index (χ0n) is 9.69. The molecule has 0 aromatic heterocycles. The van der Waals surface area contributed by atoms with Crippen molar-refractivity contribution >= 4 is 11.8 Å². The van der Waals surface area contributed by atoms with Gasteiger partial charge < -0.3 is 9.80 Å². The first kappa shape index (κ1) is 11.2. The van der Waals surface area contributed by atoms with Gasteiger partial charge in [-0.15, -0.1) is 6.58 Å². The Hall–Kier alpha value is -1.32. The molecule has 2 aliphatic heterocycles. The van der Waals surface area contributed by atoms with Gasteiger partial charge in [0.25, 0.3) is 0 Å². The predicted octanol–water partition coefficient (Wildman–Crippen LogP) is 0.784. The maximum atomic E-state index is 12.3. The molecule has 0 aliphatic carbocycles. The van der Waals surface area contributed by atoms with Crippen molar-refractivity contribution in [1.29, 1.82) is 0 Å². The van der Waals surface area contributed by atoms with Gasteiger partial charge in [-0.05, 0) is 19.8 Å². The highest BCUT2D eigenvalue weighted by atomic mass is 16.2. The van der Waals surface area contributed by atoms with Gasteiger partial charge in [0, 0.05) is 25.6 Å². The molecule has 2 unspecified atom stereocenters. The number of carbonyl (C=O) groups excluding carboxylic acids is 2. The monoisotopic (exact) mass is 222 g/mol. The van der Waals surface area contributed by atoms with Crippen molar-refractivity contribution in [2.45, 2.75) is 38.3 Å². The van der Waals surface area contributed by atoms with Gasteiger partial charge in [0.2, 0.25) is 11.8 Å². The van der Waals surface area contributed by atoms with Crippen molar-refractivity contribution in [1.82, 2.24) is 9.80 Å². The number of hydrogen-bond acceptors (Lipinski definition) is 2. The average Bonchev–Trinajstić information content (AvgIpc) is 2.73. The Kier molecular flexibility index (Phi) is 2.99. The maximum Gasteiger partial charge on any atom is 0.245 e. The summed E-state index contributed by atoms with van der Waals surface area (Å²) in [6.45, 7) is 6.92. The van der Waals surface area contributed by atoms with Crippen molar-refractivity contribution in [3.05, 3.63) is 12.7 Å². The molecule has 4 heteroatoms. The van der Waals surface area contributed by atoms with Crippen molar-refractivity contribution < 1.29 is 9.59 Å². The van der Waals surface area contributed by atoms with Crippen LogP contribution in [0.5, 0.6) is 0 Å². The maximum absolute atomic E-state index is 12.3. The van der Waals surface area contributed by atoms with Crippen LogP contribution in [0.4, 0.5) is 0 Å². The standard InChI is InChI=1S/C12H18N2O2/c1-3-9(2)13-8-6-11(15)14-7-4-5-10(14)12(13)16/h3,9-10H,1,4-8H2,2H3. The van der Waals surface area contributed by atoms with Crippen LogP contribution in [0.1, 0.15) is 26.2 Å². The first-order valence-electron chi connectivity index (χ1n) is 5.87. The molecule has 4 nitrogen and oxygen atoms in total. The van der Waals surface area contributed by atoms with E-state index in [1.54, 1.807) is 15.9 Å². The third-order valence-corrected chi connectivity index (χ3v) is 3.54. The van der Waals surface area contributed by atoms with Crippen molar-refractivity contribution in [3.63, 3.8) is 0 Å². The van der Waals surface area contributed by atoms with Gasteiger partial charge in [-0.3, -0.25) is 9.59 Å². The molecule has 2 aliphatic rings. The lowest BCUT2D eigenvalue weighted by Crippen LogP contribution is -2.46. The van der Waals surface area contributed by atoms with Crippen LogP contribution in [0, 0.1) is 0 Å². The third kappa shape index (κ3) is 1.72. The molecule has 0 aromatic rings. The van der Waals surface area contributed by atoms with E-state index in [1.165, 1.54) is 0 Å². The zero-order chi connectivity index (χ0) is 11.7. The lowest BCUT2D eigenvalue weighted by atomic mass is 10.1. The van der Waals surface area contributed by atoms with E-state index >= 15 is 0 Å². The highest BCUT2D eigenvalue weighted by Crippen LogP contribution is 2.24. The summed E-state index contributed by atoms with van der Waals surface area (Å²) in [5.74, 6) is 0.213. The number of carbonyl (C=O) groups is 2. The summed E-state index contributed by atoms with van der Waals surface area (Å²) in [5, 5.41) is 0. The Morgan fingerprint density at radius 2 is 2.19 bits per heavy atom. The molecular weight excluding hydrogens is 204 g/mol. The van der Waals surface area contributed by atoms with Crippen molar-refractivity contribution in [2.24, 2.45) is 0 Å². The highest BCUT2D eigenvalue weighted by Gasteiger charge is 2.39. The SMILES string of the molecule is C=CC(C)N1CCC(=O)N2CCCC2C1=O. The van der Waals surface area contributed by atoms with E-state index in [2.05, 4.69) is 6.58 Å². The molecule has 2 atom stereocenters. The Labute approximate surface area is 95.9 Å². The van der Waals surface area contributed by atoms with Crippen LogP contribution in [-0.2, 0) is 9.59 Å². The molecule has 0 aromatic carbocycles. The van der Waals surface area contributed by atoms with E-state index in [-0.39, 0.29) is 23.9 Å². The smallest absolute Gasteiger partial charge is 0.245 e. The Morgan fingerprint density at radius 1 is 1.44 bits per heavy atom. The van der Waals surface area contributed by atoms with Gasteiger partial charge in [-0.25, -0.2) is 0 Å². The average molecular weight is 222 g/mol. The molecule has 0 radical (unpaired) electrons. The van der Waals surface area contributed by atoms with Gasteiger partial charge in [0.15, 0.2) is 0 Å². The quantitative estimate of drug-likeness (QED) is 0.648. The van der Waals surface area contributed by atoms with Crippen LogP contribution in [0.15, 0.2) is 12.7 Å². The molecule has 2 heterocycles. The van der Waals surface area contributed by atoms with E-state index in [9.17, 15) is 9.59 Å². The zero-order valence-corrected chi connectivity index (χ0v) is 9.69. The number of rotatable bonds is 2. The van der Waals surface area contributed by atoms with Crippen LogP contribution >= 0.6 is 0 Å². The van der Waals surface area contributed by atoms with Crippen LogP contribution in [-0.4, -0.2) is 46.8 Å². The highest BCUT2D eigenvalue weighted by molar-refractivity contribution is 5.90. The Bertz CT molecular complexity index is 327. The summed E-state index contributed by atoms with van der Waals surface area (Å²) in [6.07, 6.45) is 3.96. The lowest BCUT2D eigenvalue weighted by molar-refractivity contribution is -0.139. The van der Waals surface area contributed by atoms with Gasteiger partial charge in [0.05, 0.1) is 0 Å². The molecule has 88 valence electrons. The summed E-state index contributed by atoms with van der Waals surface area (Å²) in [4.78, 5) is 27.6. The van der Waals surface area contributed by atoms with Crippen LogP contribution in [0.25, 0.3) is 0 Å². The van der Waals surface area contributed by atoms with Gasteiger partial charge in [0.1, 0.15) is 6.04 Å². The van der Waals surface area contributed by atoms with Crippen LogP contribution < -0.4 is 0 Å². The van der Waals surface area contributed by atoms with E-state index < -0.39 is 0 Å². The van der Waals surface area contributed by atoms with Crippen LogP contribution in [0.3, 0.4) is 0 Å². The summed E-state index contributed by atoms with van der Waals surface area (Å²) >= 11 is 0. The fourth-order valence-electron chi connectivity index (χ4n) is 2.51. The lowest BCUT2D eigenvalue weighted by Gasteiger charge is -2.28. The fraction of sp³-hybridized carbons (Fsp3) is 0.667. The van der Waals surface area contributed by atoms with Crippen molar-refractivity contribution in [2.75, 3.05) is 13.1 Å². The first-order chi connectivity index (χ1) is 7.65. The molecular formula is C12H18N2O2. The first-order valence-corrected chi connectivity index (χ1v) is 5.87. The second-order valence-electron chi connectivity index (χ2n) is 4.50. The Balaban J connectivity index is 2.22. The number of amides is 2. The largest absolute Gasteiger partial charge is 0.334 e. The fourth-order valence-corrected chi connectivity index (χ4v) is 2.51. The molecule has 2 saturated heterocycles. The van der Waals surface area contributed by atoms with Crippen LogP contribution in [0.2, 0.25) is 0 Å². The van der Waals surface area contributed by atoms with Crippen molar-refractivity contribution in [3.8, 4) is 0 Å². The van der Waals surface area contributed by atoms with Gasteiger partial charge in [-0.1, -0.05) is 6.08 Å². The van der Waals surface area contributed by atoms with E-state index in [1.807, 2.05) is 6.92 Å². The minimum Gasteiger partial charge on any atom is -0.334 e. The molecule has 16 heavy (non-hydrogen) atoms. The Morgan fingerprint density at radius 3 is 2.88 bits per heavy atom. The topological polar surface area (TPSA) is 40.6 Å². The number of nitrogens with zero attached hydrogens (tertiary/aromatic N) is 2. The molecule has 2 amide bonds. The van der Waals surface area contributed by atoms with E-state index in [4.69, 9.17) is 0 Å². The number of fused-ring (bicyclic) bond motifs is 1. The molecule has 0 bridgehead atoms. The second-order valence-corrected chi connectivity index (χ2v) is 4.50. The summed E-state index contributed by atoms with van der Waals surface area (Å²) in [5.41, 5.74) is 0. The predicted molar refractivity (Wildman–Crippen MR) is 60.7 cm³/mol. The molecule has 0 N–H and O–H groups in total.